The van der Waals surface area contributed by atoms with Gasteiger partial charge >= 0.3 is 0 Å². The number of nitrogen functional groups attached to an aromatic ring is 1. The van der Waals surface area contributed by atoms with E-state index in [0.717, 1.165) is 36.1 Å². The summed E-state index contributed by atoms with van der Waals surface area (Å²) in [6.45, 7) is 1.14. The summed E-state index contributed by atoms with van der Waals surface area (Å²) in [5, 5.41) is 8.67. The van der Waals surface area contributed by atoms with Gasteiger partial charge < -0.3 is 15.7 Å². The first kappa shape index (κ1) is 13.2. The zero-order valence-electron chi connectivity index (χ0n) is 9.36. The summed E-state index contributed by atoms with van der Waals surface area (Å²) in [6, 6.07) is 0. The molecular formula is C10H17BrN4O. The van der Waals surface area contributed by atoms with Gasteiger partial charge in [-0.25, -0.2) is 4.98 Å². The van der Waals surface area contributed by atoms with E-state index in [-0.39, 0.29) is 12.6 Å². The molecule has 0 aliphatic heterocycles. The maximum Gasteiger partial charge on any atom is 0.222 e. The molecule has 3 N–H and O–H groups in total. The monoisotopic (exact) mass is 288 g/mol. The van der Waals surface area contributed by atoms with Crippen LogP contribution in [0.4, 0.5) is 11.8 Å². The van der Waals surface area contributed by atoms with Crippen LogP contribution in [-0.2, 0) is 0 Å². The number of aliphatic hydroxyl groups is 1. The first-order chi connectivity index (χ1) is 7.65. The van der Waals surface area contributed by atoms with Crippen molar-refractivity contribution < 1.29 is 5.11 Å². The normalized spacial score (nSPS) is 10.4. The number of nitrogens with zero attached hydrogens (tertiary/aromatic N) is 3. The highest BCUT2D eigenvalue weighted by Crippen LogP contribution is 2.22. The average Bonchev–Trinajstić information content (AvgIpc) is 2.27. The predicted molar refractivity (Wildman–Crippen MR) is 68.4 cm³/mol. The number of unbranched alkanes of at least 4 members (excludes halogenated alkanes) is 2. The van der Waals surface area contributed by atoms with E-state index in [1.807, 2.05) is 11.9 Å². The van der Waals surface area contributed by atoms with Crippen LogP contribution in [0.3, 0.4) is 0 Å². The molecule has 16 heavy (non-hydrogen) atoms. The number of hydrogen-bond acceptors (Lipinski definition) is 5. The lowest BCUT2D eigenvalue weighted by Crippen LogP contribution is -2.21. The van der Waals surface area contributed by atoms with Gasteiger partial charge in [0, 0.05) is 26.4 Å². The summed E-state index contributed by atoms with van der Waals surface area (Å²) in [4.78, 5) is 10.1. The summed E-state index contributed by atoms with van der Waals surface area (Å²) in [5.74, 6) is 1.08. The topological polar surface area (TPSA) is 75.3 Å². The van der Waals surface area contributed by atoms with Gasteiger partial charge in [-0.15, -0.1) is 0 Å². The second kappa shape index (κ2) is 6.65. The molecule has 5 nitrogen and oxygen atoms in total. The van der Waals surface area contributed by atoms with Crippen LogP contribution in [0.2, 0.25) is 0 Å². The van der Waals surface area contributed by atoms with E-state index in [9.17, 15) is 0 Å². The Hall–Kier alpha value is -0.880. The molecule has 0 spiro atoms. The van der Waals surface area contributed by atoms with E-state index in [2.05, 4.69) is 25.9 Å². The molecule has 0 radical (unpaired) electrons. The van der Waals surface area contributed by atoms with E-state index < -0.39 is 0 Å². The highest BCUT2D eigenvalue weighted by Gasteiger charge is 2.08. The lowest BCUT2D eigenvalue weighted by molar-refractivity contribution is 0.283. The average molecular weight is 289 g/mol. The number of rotatable bonds is 6. The first-order valence-electron chi connectivity index (χ1n) is 5.25. The molecule has 0 bridgehead atoms. The number of nitrogens with two attached hydrogens (primary N) is 1. The van der Waals surface area contributed by atoms with Crippen LogP contribution in [0.15, 0.2) is 10.7 Å². The maximum atomic E-state index is 8.67. The molecule has 1 heterocycles. The molecule has 0 aliphatic rings. The van der Waals surface area contributed by atoms with Crippen molar-refractivity contribution in [3.05, 3.63) is 10.7 Å². The third kappa shape index (κ3) is 3.94. The molecular weight excluding hydrogens is 272 g/mol. The Morgan fingerprint density at radius 2 is 2.19 bits per heavy atom. The van der Waals surface area contributed by atoms with E-state index in [1.54, 1.807) is 6.20 Å². The fraction of sp³-hybridized carbons (Fsp3) is 0.600. The minimum Gasteiger partial charge on any atom is -0.396 e. The maximum absolute atomic E-state index is 8.67. The molecule has 0 saturated heterocycles. The molecule has 0 amide bonds. The highest BCUT2D eigenvalue weighted by atomic mass is 79.9. The van der Waals surface area contributed by atoms with Gasteiger partial charge in [0.1, 0.15) is 5.82 Å². The Morgan fingerprint density at radius 3 is 2.88 bits per heavy atom. The van der Waals surface area contributed by atoms with Crippen LogP contribution in [0, 0.1) is 0 Å². The standard InChI is InChI=1S/C10H17BrN4O/c1-15(5-3-2-4-6-16)9-8(11)7-13-10(12)14-9/h7,16H,2-6H2,1H3,(H2,12,13,14). The molecule has 0 saturated carbocycles. The van der Waals surface area contributed by atoms with Gasteiger partial charge in [-0.2, -0.15) is 4.98 Å². The smallest absolute Gasteiger partial charge is 0.222 e. The summed E-state index contributed by atoms with van der Waals surface area (Å²) in [7, 11) is 1.96. The first-order valence-corrected chi connectivity index (χ1v) is 6.04. The summed E-state index contributed by atoms with van der Waals surface area (Å²) >= 11 is 3.39. The summed E-state index contributed by atoms with van der Waals surface area (Å²) in [6.07, 6.45) is 4.54. The van der Waals surface area contributed by atoms with Crippen LogP contribution >= 0.6 is 15.9 Å². The van der Waals surface area contributed by atoms with Crippen LogP contribution in [0.1, 0.15) is 19.3 Å². The van der Waals surface area contributed by atoms with Crippen molar-refractivity contribution in [2.75, 3.05) is 30.8 Å². The fourth-order valence-corrected chi connectivity index (χ4v) is 1.88. The van der Waals surface area contributed by atoms with E-state index >= 15 is 0 Å². The van der Waals surface area contributed by atoms with Gasteiger partial charge in [0.2, 0.25) is 5.95 Å². The number of aromatic nitrogens is 2. The number of halogens is 1. The lowest BCUT2D eigenvalue weighted by Gasteiger charge is -2.19. The highest BCUT2D eigenvalue weighted by molar-refractivity contribution is 9.10. The Balaban J connectivity index is 2.51. The van der Waals surface area contributed by atoms with Gasteiger partial charge in [0.25, 0.3) is 0 Å². The molecule has 1 rings (SSSR count). The Labute approximate surface area is 104 Å². The van der Waals surface area contributed by atoms with E-state index in [4.69, 9.17) is 10.8 Å². The second-order valence-electron chi connectivity index (χ2n) is 3.61. The quantitative estimate of drug-likeness (QED) is 0.775. The predicted octanol–water partition coefficient (Wildman–Crippen LogP) is 1.42. The van der Waals surface area contributed by atoms with Crippen LogP contribution in [-0.4, -0.2) is 35.3 Å². The summed E-state index contributed by atoms with van der Waals surface area (Å²) < 4.78 is 0.839. The largest absolute Gasteiger partial charge is 0.396 e. The van der Waals surface area contributed by atoms with Crippen molar-refractivity contribution >= 4 is 27.7 Å². The molecule has 6 heteroatoms. The molecule has 0 unspecified atom stereocenters. The molecule has 0 aromatic carbocycles. The Morgan fingerprint density at radius 1 is 1.44 bits per heavy atom. The van der Waals surface area contributed by atoms with Crippen molar-refractivity contribution in [2.24, 2.45) is 0 Å². The molecule has 1 aromatic rings. The number of anilines is 2. The van der Waals surface area contributed by atoms with Gasteiger partial charge in [-0.1, -0.05) is 0 Å². The SMILES string of the molecule is CN(CCCCCO)c1nc(N)ncc1Br. The van der Waals surface area contributed by atoms with E-state index in [1.165, 1.54) is 0 Å². The van der Waals surface area contributed by atoms with Crippen molar-refractivity contribution in [3.8, 4) is 0 Å². The minimum atomic E-state index is 0.258. The second-order valence-corrected chi connectivity index (χ2v) is 4.46. The molecule has 0 aliphatic carbocycles. The third-order valence-corrected chi connectivity index (χ3v) is 2.82. The number of aliphatic hydroxyl groups excluding tert-OH is 1. The molecule has 0 atom stereocenters. The van der Waals surface area contributed by atoms with E-state index in [0.29, 0.717) is 0 Å². The Bertz CT molecular complexity index is 335. The van der Waals surface area contributed by atoms with Crippen LogP contribution in [0.25, 0.3) is 0 Å². The lowest BCUT2D eigenvalue weighted by atomic mass is 10.2. The van der Waals surface area contributed by atoms with Gasteiger partial charge in [-0.3, -0.25) is 0 Å². The van der Waals surface area contributed by atoms with Crippen LogP contribution < -0.4 is 10.6 Å². The van der Waals surface area contributed by atoms with Gasteiger partial charge in [0.05, 0.1) is 4.47 Å². The van der Waals surface area contributed by atoms with Crippen molar-refractivity contribution in [1.82, 2.24) is 9.97 Å². The van der Waals surface area contributed by atoms with Crippen molar-refractivity contribution in [2.45, 2.75) is 19.3 Å². The molecule has 90 valence electrons. The minimum absolute atomic E-state index is 0.258. The fourth-order valence-electron chi connectivity index (χ4n) is 1.38. The van der Waals surface area contributed by atoms with Gasteiger partial charge in [0.15, 0.2) is 0 Å². The van der Waals surface area contributed by atoms with Gasteiger partial charge in [-0.05, 0) is 35.2 Å². The zero-order valence-corrected chi connectivity index (χ0v) is 10.9. The van der Waals surface area contributed by atoms with Crippen molar-refractivity contribution in [1.29, 1.82) is 0 Å². The third-order valence-electron chi connectivity index (χ3n) is 2.26. The zero-order chi connectivity index (χ0) is 12.0. The van der Waals surface area contributed by atoms with Crippen LogP contribution in [0.5, 0.6) is 0 Å². The summed E-state index contributed by atoms with van der Waals surface area (Å²) in [5.41, 5.74) is 5.54. The molecule has 1 aromatic heterocycles. The Kier molecular flexibility index (Phi) is 5.48. The van der Waals surface area contributed by atoms with Crippen molar-refractivity contribution in [3.63, 3.8) is 0 Å². The molecule has 0 fully saturated rings. The number of hydrogen-bond donors (Lipinski definition) is 2.